The number of hydrogen-bond acceptors (Lipinski definition) is 7. The molecule has 1 aliphatic carbocycles. The van der Waals surface area contributed by atoms with Crippen molar-refractivity contribution in [3.63, 3.8) is 0 Å². The van der Waals surface area contributed by atoms with Crippen molar-refractivity contribution >= 4 is 28.1 Å². The van der Waals surface area contributed by atoms with E-state index in [2.05, 4.69) is 30.4 Å². The highest BCUT2D eigenvalue weighted by molar-refractivity contribution is 5.83. The molecule has 3 aromatic heterocycles. The maximum atomic E-state index is 14.5. The molecule has 1 atom stereocenters. The van der Waals surface area contributed by atoms with Gasteiger partial charge < -0.3 is 20.9 Å². The van der Waals surface area contributed by atoms with Crippen LogP contribution in [0.1, 0.15) is 48.5 Å². The molecule has 8 nitrogen and oxygen atoms in total. The lowest BCUT2D eigenvalue weighted by Gasteiger charge is -2.40. The Bertz CT molecular complexity index is 1560. The summed E-state index contributed by atoms with van der Waals surface area (Å²) in [6.07, 6.45) is 9.74. The predicted molar refractivity (Wildman–Crippen MR) is 153 cm³/mol. The highest BCUT2D eigenvalue weighted by atomic mass is 19.1. The van der Waals surface area contributed by atoms with E-state index in [1.54, 1.807) is 12.3 Å². The molecule has 39 heavy (non-hydrogen) atoms. The van der Waals surface area contributed by atoms with Gasteiger partial charge in [0.15, 0.2) is 5.43 Å². The van der Waals surface area contributed by atoms with Crippen LogP contribution < -0.4 is 21.8 Å². The van der Waals surface area contributed by atoms with Gasteiger partial charge in [0.1, 0.15) is 11.6 Å². The molecule has 0 radical (unpaired) electrons. The molecule has 1 aliphatic heterocycles. The van der Waals surface area contributed by atoms with E-state index in [-0.39, 0.29) is 17.2 Å². The smallest absolute Gasteiger partial charge is 0.193 e. The summed E-state index contributed by atoms with van der Waals surface area (Å²) in [7, 11) is 0. The second-order valence-electron chi connectivity index (χ2n) is 10.9. The molecule has 0 bridgehead atoms. The number of piperidine rings is 1. The molecule has 2 fully saturated rings. The van der Waals surface area contributed by atoms with Gasteiger partial charge in [0.05, 0.1) is 23.1 Å². The first-order valence-corrected chi connectivity index (χ1v) is 13.6. The Morgan fingerprint density at radius 2 is 1.92 bits per heavy atom. The number of pyridine rings is 3. The molecular formula is C30H34FN7O. The third kappa shape index (κ3) is 5.31. The summed E-state index contributed by atoms with van der Waals surface area (Å²) in [6.45, 7) is 4.83. The van der Waals surface area contributed by atoms with E-state index in [0.717, 1.165) is 55.7 Å². The first kappa shape index (κ1) is 25.3. The molecule has 4 N–H and O–H groups in total. The zero-order valence-corrected chi connectivity index (χ0v) is 22.2. The molecule has 6 rings (SSSR count). The van der Waals surface area contributed by atoms with Crippen LogP contribution in [0.15, 0.2) is 59.8 Å². The number of halogens is 1. The molecule has 202 valence electrons. The quantitative estimate of drug-likeness (QED) is 0.343. The Balaban J connectivity index is 1.37. The van der Waals surface area contributed by atoms with Gasteiger partial charge in [0.2, 0.25) is 0 Å². The van der Waals surface area contributed by atoms with Gasteiger partial charge in [-0.25, -0.2) is 9.37 Å². The van der Waals surface area contributed by atoms with Gasteiger partial charge in [0.25, 0.3) is 0 Å². The fraction of sp³-hybridized carbons (Fsp3) is 0.367. The fourth-order valence-corrected chi connectivity index (χ4v) is 5.70. The van der Waals surface area contributed by atoms with Crippen LogP contribution in [-0.4, -0.2) is 38.6 Å². The van der Waals surface area contributed by atoms with Crippen molar-refractivity contribution in [3.8, 4) is 0 Å². The standard InChI is InChI=1S/C30H34FN7O/c1-19-4-5-23(14-35-19)36-10-2-3-24(18-36)37(15-20-8-9-34-29(33)11-20)16-21-17-38(22-6-7-22)28-13-27(32)26(31)12-25(28)30(21)39/h4-5,8-9,11-14,17,22,24H,2-3,6-7,10,15-16,18,32H2,1H3,(H2,33,34)/t24-/m0/s1. The number of hydrogen-bond donors (Lipinski definition) is 2. The van der Waals surface area contributed by atoms with Gasteiger partial charge in [-0.05, 0) is 74.6 Å². The molecule has 4 heterocycles. The molecule has 1 saturated carbocycles. The average molecular weight is 528 g/mol. The molecule has 1 aromatic carbocycles. The monoisotopic (exact) mass is 527 g/mol. The van der Waals surface area contributed by atoms with Crippen LogP contribution >= 0.6 is 0 Å². The van der Waals surface area contributed by atoms with E-state index in [1.807, 2.05) is 37.5 Å². The van der Waals surface area contributed by atoms with E-state index in [1.165, 1.54) is 6.07 Å². The fourth-order valence-electron chi connectivity index (χ4n) is 5.70. The predicted octanol–water partition coefficient (Wildman–Crippen LogP) is 4.41. The summed E-state index contributed by atoms with van der Waals surface area (Å²) in [5.41, 5.74) is 16.3. The molecular weight excluding hydrogens is 493 g/mol. The number of benzene rings is 1. The summed E-state index contributed by atoms with van der Waals surface area (Å²) in [5, 5.41) is 0.384. The highest BCUT2D eigenvalue weighted by Gasteiger charge is 2.29. The summed E-state index contributed by atoms with van der Waals surface area (Å²) in [4.78, 5) is 27.1. The van der Waals surface area contributed by atoms with Gasteiger partial charge in [0, 0.05) is 67.3 Å². The number of nitrogens with zero attached hydrogens (tertiary/aromatic N) is 5. The summed E-state index contributed by atoms with van der Waals surface area (Å²) >= 11 is 0. The second kappa shape index (κ2) is 10.3. The SMILES string of the molecule is Cc1ccc(N2CCC[C@H](N(Cc3ccnc(N)c3)Cc3cn(C4CC4)c4cc(N)c(F)cc4c3=O)C2)cn1. The zero-order valence-electron chi connectivity index (χ0n) is 22.2. The van der Waals surface area contributed by atoms with Crippen LogP contribution in [0.3, 0.4) is 0 Å². The van der Waals surface area contributed by atoms with Gasteiger partial charge in [-0.15, -0.1) is 0 Å². The average Bonchev–Trinajstić information content (AvgIpc) is 3.77. The largest absolute Gasteiger partial charge is 0.396 e. The van der Waals surface area contributed by atoms with Crippen molar-refractivity contribution < 1.29 is 4.39 Å². The van der Waals surface area contributed by atoms with Crippen LogP contribution in [0.2, 0.25) is 0 Å². The number of fused-ring (bicyclic) bond motifs is 1. The van der Waals surface area contributed by atoms with Gasteiger partial charge >= 0.3 is 0 Å². The maximum Gasteiger partial charge on any atom is 0.193 e. The first-order chi connectivity index (χ1) is 18.9. The summed E-state index contributed by atoms with van der Waals surface area (Å²) < 4.78 is 16.6. The van der Waals surface area contributed by atoms with E-state index < -0.39 is 5.82 Å². The van der Waals surface area contributed by atoms with Crippen molar-refractivity contribution in [2.75, 3.05) is 29.5 Å². The lowest BCUT2D eigenvalue weighted by atomic mass is 10.0. The normalized spacial score (nSPS) is 17.7. The topological polar surface area (TPSA) is 106 Å². The number of aryl methyl sites for hydroxylation is 1. The Kier molecular flexibility index (Phi) is 6.68. The van der Waals surface area contributed by atoms with Gasteiger partial charge in [-0.3, -0.25) is 14.7 Å². The van der Waals surface area contributed by atoms with E-state index in [9.17, 15) is 9.18 Å². The van der Waals surface area contributed by atoms with Crippen LogP contribution in [0.5, 0.6) is 0 Å². The van der Waals surface area contributed by atoms with Crippen LogP contribution in [0.4, 0.5) is 21.6 Å². The van der Waals surface area contributed by atoms with Crippen LogP contribution in [0, 0.1) is 12.7 Å². The lowest BCUT2D eigenvalue weighted by Crippen LogP contribution is -2.48. The third-order valence-electron chi connectivity index (χ3n) is 7.94. The van der Waals surface area contributed by atoms with E-state index >= 15 is 0 Å². The second-order valence-corrected chi connectivity index (χ2v) is 10.9. The van der Waals surface area contributed by atoms with E-state index in [4.69, 9.17) is 11.5 Å². The molecule has 0 amide bonds. The number of aromatic nitrogens is 3. The maximum absolute atomic E-state index is 14.5. The Hall–Kier alpha value is -3.98. The Labute approximate surface area is 227 Å². The lowest BCUT2D eigenvalue weighted by molar-refractivity contribution is 0.158. The number of anilines is 3. The van der Waals surface area contributed by atoms with E-state index in [0.29, 0.717) is 41.4 Å². The van der Waals surface area contributed by atoms with Crippen LogP contribution in [0.25, 0.3) is 10.9 Å². The van der Waals surface area contributed by atoms with Crippen LogP contribution in [-0.2, 0) is 13.1 Å². The molecule has 1 saturated heterocycles. The van der Waals surface area contributed by atoms with Crippen molar-refractivity contribution in [2.24, 2.45) is 0 Å². The molecule has 9 heteroatoms. The highest BCUT2D eigenvalue weighted by Crippen LogP contribution is 2.38. The Morgan fingerprint density at radius 3 is 2.67 bits per heavy atom. The number of nitrogen functional groups attached to an aromatic ring is 2. The minimum atomic E-state index is -0.558. The van der Waals surface area contributed by atoms with Gasteiger partial charge in [-0.2, -0.15) is 0 Å². The molecule has 4 aromatic rings. The molecule has 0 unspecified atom stereocenters. The molecule has 0 spiro atoms. The number of rotatable bonds is 7. The zero-order chi connectivity index (χ0) is 27.1. The van der Waals surface area contributed by atoms with Crippen molar-refractivity contribution in [2.45, 2.75) is 57.8 Å². The summed E-state index contributed by atoms with van der Waals surface area (Å²) in [5.74, 6) is -0.0869. The van der Waals surface area contributed by atoms with Crippen molar-refractivity contribution in [1.29, 1.82) is 0 Å². The van der Waals surface area contributed by atoms with Crippen molar-refractivity contribution in [3.05, 3.63) is 87.9 Å². The third-order valence-corrected chi connectivity index (χ3v) is 7.94. The Morgan fingerprint density at radius 1 is 1.08 bits per heavy atom. The number of nitrogens with two attached hydrogens (primary N) is 2. The minimum Gasteiger partial charge on any atom is -0.396 e. The summed E-state index contributed by atoms with van der Waals surface area (Å²) in [6, 6.07) is 11.4. The molecule has 2 aliphatic rings. The first-order valence-electron chi connectivity index (χ1n) is 13.6. The minimum absolute atomic E-state index is 0.0637. The van der Waals surface area contributed by atoms with Gasteiger partial charge in [-0.1, -0.05) is 0 Å². The van der Waals surface area contributed by atoms with Crippen molar-refractivity contribution in [1.82, 2.24) is 19.4 Å².